The van der Waals surface area contributed by atoms with Gasteiger partial charge in [0.05, 0.1) is 13.2 Å². The van der Waals surface area contributed by atoms with Gasteiger partial charge >= 0.3 is 0 Å². The first-order chi connectivity index (χ1) is 12.1. The maximum Gasteiger partial charge on any atom is 0.259 e. The highest BCUT2D eigenvalue weighted by atomic mass is 19.1. The number of rotatable bonds is 5. The quantitative estimate of drug-likeness (QED) is 0.819. The Balaban J connectivity index is 1.56. The van der Waals surface area contributed by atoms with Crippen LogP contribution >= 0.6 is 0 Å². The molecule has 5 heteroatoms. The molecule has 1 heterocycles. The van der Waals surface area contributed by atoms with E-state index in [1.807, 2.05) is 30.3 Å². The number of ether oxygens (including phenoxy) is 1. The molecule has 3 rings (SSSR count). The van der Waals surface area contributed by atoms with Crippen molar-refractivity contribution in [1.29, 1.82) is 0 Å². The summed E-state index contributed by atoms with van der Waals surface area (Å²) >= 11 is 0. The topological polar surface area (TPSA) is 29.5 Å². The average molecular weight is 345 g/mol. The molecule has 1 saturated heterocycles. The SMILES string of the molecule is O=C(c1c(F)cccc1F)N1CCCC(COCc2ccccc2)C1. The van der Waals surface area contributed by atoms with E-state index in [0.717, 1.165) is 30.5 Å². The Morgan fingerprint density at radius 2 is 1.80 bits per heavy atom. The van der Waals surface area contributed by atoms with Crippen molar-refractivity contribution in [3.63, 3.8) is 0 Å². The summed E-state index contributed by atoms with van der Waals surface area (Å²) in [5.41, 5.74) is 0.632. The number of nitrogens with zero attached hydrogens (tertiary/aromatic N) is 1. The average Bonchev–Trinajstić information content (AvgIpc) is 2.63. The van der Waals surface area contributed by atoms with Crippen molar-refractivity contribution < 1.29 is 18.3 Å². The highest BCUT2D eigenvalue weighted by Crippen LogP contribution is 2.22. The fraction of sp³-hybridized carbons (Fsp3) is 0.350. The van der Waals surface area contributed by atoms with Gasteiger partial charge in [-0.25, -0.2) is 8.78 Å². The van der Waals surface area contributed by atoms with E-state index in [0.29, 0.717) is 26.3 Å². The van der Waals surface area contributed by atoms with Crippen LogP contribution in [0.5, 0.6) is 0 Å². The summed E-state index contributed by atoms with van der Waals surface area (Å²) in [5, 5.41) is 0. The molecular formula is C20H21F2NO2. The van der Waals surface area contributed by atoms with E-state index in [1.54, 1.807) is 0 Å². The van der Waals surface area contributed by atoms with Gasteiger partial charge in [0.25, 0.3) is 5.91 Å². The predicted molar refractivity (Wildman–Crippen MR) is 91.1 cm³/mol. The molecule has 3 nitrogen and oxygen atoms in total. The van der Waals surface area contributed by atoms with Gasteiger partial charge in [0.1, 0.15) is 17.2 Å². The molecule has 0 N–H and O–H groups in total. The van der Waals surface area contributed by atoms with Crippen molar-refractivity contribution in [2.45, 2.75) is 19.4 Å². The van der Waals surface area contributed by atoms with Gasteiger partial charge < -0.3 is 9.64 Å². The molecule has 25 heavy (non-hydrogen) atoms. The van der Waals surface area contributed by atoms with Crippen molar-refractivity contribution >= 4 is 5.91 Å². The van der Waals surface area contributed by atoms with Crippen LogP contribution in [0.15, 0.2) is 48.5 Å². The number of carbonyl (C=O) groups excluding carboxylic acids is 1. The summed E-state index contributed by atoms with van der Waals surface area (Å²) in [6, 6.07) is 13.4. The third-order valence-electron chi connectivity index (χ3n) is 4.45. The van der Waals surface area contributed by atoms with Gasteiger partial charge in [-0.2, -0.15) is 0 Å². The van der Waals surface area contributed by atoms with E-state index < -0.39 is 23.1 Å². The highest BCUT2D eigenvalue weighted by molar-refractivity contribution is 5.94. The van der Waals surface area contributed by atoms with Gasteiger partial charge in [-0.3, -0.25) is 4.79 Å². The first-order valence-corrected chi connectivity index (χ1v) is 8.50. The monoisotopic (exact) mass is 345 g/mol. The molecule has 1 aliphatic rings. The van der Waals surface area contributed by atoms with Crippen LogP contribution < -0.4 is 0 Å². The first-order valence-electron chi connectivity index (χ1n) is 8.50. The Morgan fingerprint density at radius 1 is 1.08 bits per heavy atom. The maximum atomic E-state index is 13.8. The molecule has 1 unspecified atom stereocenters. The molecule has 0 spiro atoms. The molecule has 0 aromatic heterocycles. The van der Waals surface area contributed by atoms with Gasteiger partial charge in [0, 0.05) is 13.1 Å². The van der Waals surface area contributed by atoms with Crippen molar-refractivity contribution in [1.82, 2.24) is 4.90 Å². The standard InChI is InChI=1S/C20H21F2NO2/c21-17-9-4-10-18(22)19(17)20(24)23-11-5-8-16(12-23)14-25-13-15-6-2-1-3-7-15/h1-4,6-7,9-10,16H,5,8,11-14H2. The second kappa shape index (κ2) is 8.21. The number of benzene rings is 2. The van der Waals surface area contributed by atoms with Crippen molar-refractivity contribution in [3.05, 3.63) is 71.3 Å². The zero-order valence-electron chi connectivity index (χ0n) is 14.0. The van der Waals surface area contributed by atoms with Crippen LogP contribution in [0.1, 0.15) is 28.8 Å². The second-order valence-corrected chi connectivity index (χ2v) is 6.36. The molecule has 0 radical (unpaired) electrons. The largest absolute Gasteiger partial charge is 0.376 e. The minimum atomic E-state index is -0.813. The first kappa shape index (κ1) is 17.5. The minimum absolute atomic E-state index is 0.177. The van der Waals surface area contributed by atoms with E-state index in [-0.39, 0.29) is 5.92 Å². The molecule has 1 amide bonds. The summed E-state index contributed by atoms with van der Waals surface area (Å²) in [6.07, 6.45) is 1.75. The maximum absolute atomic E-state index is 13.8. The summed E-state index contributed by atoms with van der Waals surface area (Å²) in [6.45, 7) is 2.02. The Kier molecular flexibility index (Phi) is 5.76. The highest BCUT2D eigenvalue weighted by Gasteiger charge is 2.28. The van der Waals surface area contributed by atoms with Crippen LogP contribution in [-0.2, 0) is 11.3 Å². The number of carbonyl (C=O) groups is 1. The molecular weight excluding hydrogens is 324 g/mol. The zero-order chi connectivity index (χ0) is 17.6. The minimum Gasteiger partial charge on any atom is -0.376 e. The molecule has 1 aliphatic heterocycles. The molecule has 1 atom stereocenters. The number of hydrogen-bond donors (Lipinski definition) is 0. The van der Waals surface area contributed by atoms with Crippen LogP contribution in [0.4, 0.5) is 8.78 Å². The van der Waals surface area contributed by atoms with Crippen LogP contribution in [0.25, 0.3) is 0 Å². The van der Waals surface area contributed by atoms with E-state index in [4.69, 9.17) is 4.74 Å². The fourth-order valence-corrected chi connectivity index (χ4v) is 3.16. The Hall–Kier alpha value is -2.27. The number of piperidine rings is 1. The Labute approximate surface area is 146 Å². The lowest BCUT2D eigenvalue weighted by Crippen LogP contribution is -2.41. The van der Waals surface area contributed by atoms with Gasteiger partial charge in [-0.15, -0.1) is 0 Å². The zero-order valence-corrected chi connectivity index (χ0v) is 14.0. The number of halogens is 2. The van der Waals surface area contributed by atoms with Gasteiger partial charge in [-0.1, -0.05) is 36.4 Å². The molecule has 0 saturated carbocycles. The number of hydrogen-bond acceptors (Lipinski definition) is 2. The molecule has 132 valence electrons. The summed E-state index contributed by atoms with van der Waals surface area (Å²) in [4.78, 5) is 14.0. The lowest BCUT2D eigenvalue weighted by Gasteiger charge is -2.32. The molecule has 0 bridgehead atoms. The molecule has 2 aromatic rings. The molecule has 2 aromatic carbocycles. The fourth-order valence-electron chi connectivity index (χ4n) is 3.16. The molecule has 0 aliphatic carbocycles. The predicted octanol–water partition coefficient (Wildman–Crippen LogP) is 4.03. The van der Waals surface area contributed by atoms with Crippen molar-refractivity contribution in [2.75, 3.05) is 19.7 Å². The number of likely N-dealkylation sites (tertiary alicyclic amines) is 1. The molecule has 1 fully saturated rings. The van der Waals surface area contributed by atoms with Gasteiger partial charge in [0.15, 0.2) is 0 Å². The third kappa shape index (κ3) is 4.42. The lowest BCUT2D eigenvalue weighted by atomic mass is 9.98. The normalized spacial score (nSPS) is 17.5. The summed E-state index contributed by atoms with van der Waals surface area (Å²) in [5.74, 6) is -2.03. The van der Waals surface area contributed by atoms with Crippen LogP contribution in [-0.4, -0.2) is 30.5 Å². The van der Waals surface area contributed by atoms with Crippen LogP contribution in [0, 0.1) is 17.6 Å². The Morgan fingerprint density at radius 3 is 2.52 bits per heavy atom. The van der Waals surface area contributed by atoms with Crippen molar-refractivity contribution in [3.8, 4) is 0 Å². The summed E-state index contributed by atoms with van der Waals surface area (Å²) in [7, 11) is 0. The summed E-state index contributed by atoms with van der Waals surface area (Å²) < 4.78 is 33.4. The van der Waals surface area contributed by atoms with Crippen LogP contribution in [0.3, 0.4) is 0 Å². The number of amides is 1. The van der Waals surface area contributed by atoms with Crippen LogP contribution in [0.2, 0.25) is 0 Å². The van der Waals surface area contributed by atoms with E-state index >= 15 is 0 Å². The smallest absolute Gasteiger partial charge is 0.259 e. The van der Waals surface area contributed by atoms with Gasteiger partial charge in [-0.05, 0) is 36.5 Å². The lowest BCUT2D eigenvalue weighted by molar-refractivity contribution is 0.0420. The van der Waals surface area contributed by atoms with E-state index in [9.17, 15) is 13.6 Å². The van der Waals surface area contributed by atoms with Gasteiger partial charge in [0.2, 0.25) is 0 Å². The van der Waals surface area contributed by atoms with E-state index in [2.05, 4.69) is 0 Å². The van der Waals surface area contributed by atoms with E-state index in [1.165, 1.54) is 11.0 Å². The van der Waals surface area contributed by atoms with Crippen molar-refractivity contribution in [2.24, 2.45) is 5.92 Å². The third-order valence-corrected chi connectivity index (χ3v) is 4.45. The second-order valence-electron chi connectivity index (χ2n) is 6.36. The Bertz CT molecular complexity index is 701.